The Bertz CT molecular complexity index is 1110. The molecule has 114 valence electrons. The first-order valence-corrected chi connectivity index (χ1v) is 6.68. The molecule has 1 heterocycles. The van der Waals surface area contributed by atoms with E-state index in [0.29, 0.717) is 0 Å². The fraction of sp³-hybridized carbons (Fsp3) is 0.375. The van der Waals surface area contributed by atoms with Crippen LogP contribution in [0.1, 0.15) is 40.2 Å². The Morgan fingerprint density at radius 3 is 2.86 bits per heavy atom. The first kappa shape index (κ1) is 8.82. The van der Waals surface area contributed by atoms with Crippen molar-refractivity contribution in [2.75, 3.05) is 5.73 Å². The van der Waals surface area contributed by atoms with Gasteiger partial charge in [0.2, 0.25) is 0 Å². The maximum Gasteiger partial charge on any atom is 0.264 e. The highest BCUT2D eigenvalue weighted by Gasteiger charge is 2.41. The molecule has 6 heteroatoms. The Kier molecular flexibility index (Phi) is 1.91. The Balaban J connectivity index is 2.53. The number of anilines is 1. The highest BCUT2D eigenvalue weighted by atomic mass is 16.2. The van der Waals surface area contributed by atoms with E-state index in [1.165, 1.54) is 6.92 Å². The molecule has 0 spiro atoms. The van der Waals surface area contributed by atoms with Crippen LogP contribution in [0.25, 0.3) is 10.9 Å². The summed E-state index contributed by atoms with van der Waals surface area (Å²) in [7, 11) is 0. The lowest BCUT2D eigenvalue weighted by atomic mass is 9.81. The van der Waals surface area contributed by atoms with Gasteiger partial charge in [-0.05, 0) is 32.3 Å². The van der Waals surface area contributed by atoms with Gasteiger partial charge in [-0.1, -0.05) is 6.04 Å². The second-order valence-corrected chi connectivity index (χ2v) is 5.50. The van der Waals surface area contributed by atoms with E-state index >= 15 is 0 Å². The number of aryl methyl sites for hydroxylation is 1. The minimum absolute atomic E-state index is 0.0122. The molecule has 22 heavy (non-hydrogen) atoms. The van der Waals surface area contributed by atoms with Crippen LogP contribution in [0.5, 0.6) is 0 Å². The minimum Gasteiger partial charge on any atom is -0.398 e. The van der Waals surface area contributed by atoms with E-state index in [1.54, 1.807) is 0 Å². The molecule has 2 N–H and O–H groups in total. The second kappa shape index (κ2) is 4.76. The van der Waals surface area contributed by atoms with Crippen LogP contribution >= 0.6 is 0 Å². The molecule has 0 amide bonds. The van der Waals surface area contributed by atoms with Gasteiger partial charge in [0.05, 0.1) is 21.4 Å². The molecule has 0 bridgehead atoms. The van der Waals surface area contributed by atoms with Gasteiger partial charge in [0.1, 0.15) is 17.1 Å². The predicted molar refractivity (Wildman–Crippen MR) is 82.7 cm³/mol. The van der Waals surface area contributed by atoms with Crippen molar-refractivity contribution in [2.45, 2.75) is 38.6 Å². The van der Waals surface area contributed by atoms with Gasteiger partial charge in [-0.2, -0.15) is 0 Å². The van der Waals surface area contributed by atoms with Crippen LogP contribution < -0.4 is 11.3 Å². The topological polar surface area (TPSA) is 95.0 Å². The van der Waals surface area contributed by atoms with Crippen LogP contribution in [0.2, 0.25) is 0 Å². The van der Waals surface area contributed by atoms with Crippen LogP contribution in [0.4, 0.5) is 5.69 Å². The number of aromatic nitrogens is 2. The third-order valence-electron chi connectivity index (χ3n) is 4.07. The summed E-state index contributed by atoms with van der Waals surface area (Å²) >= 11 is 0. The molecule has 3 rings (SSSR count). The number of rotatable bonds is 1. The van der Waals surface area contributed by atoms with E-state index in [-0.39, 0.29) is 24.0 Å². The average molecular weight is 305 g/mol. The average Bonchev–Trinajstić information content (AvgIpc) is 2.60. The molecule has 1 aliphatic carbocycles. The summed E-state index contributed by atoms with van der Waals surface area (Å²) in [5.41, 5.74) is 2.38. The number of carbonyl (C=O) groups is 2. The quantitative estimate of drug-likeness (QED) is 0.633. The Morgan fingerprint density at radius 1 is 1.41 bits per heavy atom. The summed E-state index contributed by atoms with van der Waals surface area (Å²) in [6, 6.07) is -1.74. The maximum absolute atomic E-state index is 13.3. The molecule has 1 aromatic heterocycles. The molecule has 6 nitrogen and oxygen atoms in total. The van der Waals surface area contributed by atoms with Crippen molar-refractivity contribution >= 4 is 28.2 Å². The lowest BCUT2D eigenvalue weighted by molar-refractivity contribution is -0.136. The second-order valence-electron chi connectivity index (χ2n) is 5.50. The summed E-state index contributed by atoms with van der Waals surface area (Å²) in [5.74, 6) is -1.65. The number of nitrogens with zero attached hydrogens (tertiary/aromatic N) is 2. The summed E-state index contributed by atoms with van der Waals surface area (Å²) < 4.78 is 47.6. The first-order chi connectivity index (χ1) is 12.8. The third-order valence-corrected chi connectivity index (χ3v) is 4.07. The molecule has 1 aliphatic rings. The molecule has 1 atom stereocenters. The van der Waals surface area contributed by atoms with Crippen molar-refractivity contribution in [2.24, 2.45) is 0 Å². The van der Waals surface area contributed by atoms with Crippen molar-refractivity contribution in [3.05, 3.63) is 34.3 Å². The van der Waals surface area contributed by atoms with E-state index in [9.17, 15) is 14.4 Å². The van der Waals surface area contributed by atoms with Crippen LogP contribution in [0.3, 0.4) is 0 Å². The van der Waals surface area contributed by atoms with Gasteiger partial charge >= 0.3 is 0 Å². The monoisotopic (exact) mass is 305 g/mol. The zero-order valence-electron chi connectivity index (χ0n) is 17.8. The number of hydrogen-bond donors (Lipinski definition) is 1. The smallest absolute Gasteiger partial charge is 0.264 e. The van der Waals surface area contributed by atoms with Crippen LogP contribution in [-0.2, 0) is 15.1 Å². The molecular formula is C16H17N3O3. The van der Waals surface area contributed by atoms with E-state index in [4.69, 9.17) is 14.0 Å². The Hall–Kier alpha value is -2.50. The highest BCUT2D eigenvalue weighted by molar-refractivity contribution is 6.05. The van der Waals surface area contributed by atoms with Gasteiger partial charge in [0, 0.05) is 16.2 Å². The lowest BCUT2D eigenvalue weighted by Gasteiger charge is -2.34. The first-order valence-electron chi connectivity index (χ1n) is 9.68. The van der Waals surface area contributed by atoms with E-state index < -0.39 is 65.3 Å². The van der Waals surface area contributed by atoms with Crippen molar-refractivity contribution in [3.8, 4) is 0 Å². The van der Waals surface area contributed by atoms with Gasteiger partial charge in [-0.25, -0.2) is 4.98 Å². The van der Waals surface area contributed by atoms with Gasteiger partial charge in [0.15, 0.2) is 5.78 Å². The third kappa shape index (κ3) is 1.94. The molecule has 0 radical (unpaired) electrons. The minimum atomic E-state index is -2.92. The number of benzene rings is 1. The molecular weight excluding hydrogens is 282 g/mol. The standard InChI is InChI=1S/C16H17N3O3/c1-9-18-12-5-3-4-11(17)14(12)15(22)19(9)16(2)7-6-10(20)8-13(16)21/h3-5H,6-8,17H2,1-2H3/i1D3,3D,4D,5D. The zero-order valence-corrected chi connectivity index (χ0v) is 11.8. The molecule has 1 unspecified atom stereocenters. The summed E-state index contributed by atoms with van der Waals surface area (Å²) in [6.07, 6.45) is -0.531. The normalized spacial score (nSPS) is 26.8. The Morgan fingerprint density at radius 2 is 2.18 bits per heavy atom. The number of fused-ring (bicyclic) bond motifs is 1. The fourth-order valence-electron chi connectivity index (χ4n) is 2.75. The number of hydrogen-bond acceptors (Lipinski definition) is 5. The molecule has 1 saturated carbocycles. The number of Topliss-reactive ketones (excluding diaryl/α,β-unsaturated/α-hetero) is 2. The molecule has 0 saturated heterocycles. The number of nitrogens with two attached hydrogens (primary N) is 1. The van der Waals surface area contributed by atoms with Gasteiger partial charge in [-0.15, -0.1) is 0 Å². The van der Waals surface area contributed by atoms with Crippen LogP contribution in [-0.4, -0.2) is 21.1 Å². The molecule has 1 fully saturated rings. The SMILES string of the molecule is [2H]c1c([2H])c(N)c2c(=O)n(C3(C)CCC(=O)CC3=O)c(C([2H])([2H])[2H])nc2c1[2H]. The fourth-order valence-corrected chi connectivity index (χ4v) is 2.75. The lowest BCUT2D eigenvalue weighted by Crippen LogP contribution is -2.49. The van der Waals surface area contributed by atoms with Gasteiger partial charge in [-0.3, -0.25) is 19.0 Å². The molecule has 0 aliphatic heterocycles. The zero-order chi connectivity index (χ0) is 21.2. The summed E-state index contributed by atoms with van der Waals surface area (Å²) in [4.78, 5) is 41.5. The van der Waals surface area contributed by atoms with Gasteiger partial charge < -0.3 is 5.73 Å². The maximum atomic E-state index is 13.3. The largest absolute Gasteiger partial charge is 0.398 e. The predicted octanol–water partition coefficient (Wildman–Crippen LogP) is 1.32. The molecule has 1 aromatic carbocycles. The van der Waals surface area contributed by atoms with Crippen LogP contribution in [0, 0.1) is 6.85 Å². The highest BCUT2D eigenvalue weighted by Crippen LogP contribution is 2.30. The van der Waals surface area contributed by atoms with Crippen LogP contribution in [0.15, 0.2) is 22.9 Å². The van der Waals surface area contributed by atoms with E-state index in [0.717, 1.165) is 4.57 Å². The van der Waals surface area contributed by atoms with Crippen molar-refractivity contribution in [1.29, 1.82) is 0 Å². The van der Waals surface area contributed by atoms with Crippen molar-refractivity contribution in [3.63, 3.8) is 0 Å². The number of nitrogen functional groups attached to an aromatic ring is 1. The number of carbonyl (C=O) groups excluding carboxylic acids is 2. The van der Waals surface area contributed by atoms with E-state index in [1.807, 2.05) is 0 Å². The molecule has 2 aromatic rings. The number of ketones is 2. The van der Waals surface area contributed by atoms with E-state index in [2.05, 4.69) is 4.98 Å². The summed E-state index contributed by atoms with van der Waals surface area (Å²) in [5, 5.41) is -0.384. The van der Waals surface area contributed by atoms with Crippen molar-refractivity contribution < 1.29 is 17.8 Å². The van der Waals surface area contributed by atoms with Gasteiger partial charge in [0.25, 0.3) is 5.56 Å². The Labute approximate surface area is 135 Å². The van der Waals surface area contributed by atoms with Crippen molar-refractivity contribution in [1.82, 2.24) is 9.55 Å². The summed E-state index contributed by atoms with van der Waals surface area (Å²) in [6.45, 7) is -1.55.